The number of nitrogens with one attached hydrogen (secondary N) is 2. The van der Waals surface area contributed by atoms with Gasteiger partial charge in [0.25, 0.3) is 5.56 Å². The van der Waals surface area contributed by atoms with Crippen LogP contribution < -0.4 is 10.9 Å². The van der Waals surface area contributed by atoms with Gasteiger partial charge in [-0.15, -0.1) is 10.2 Å². The molecule has 0 saturated carbocycles. The van der Waals surface area contributed by atoms with Gasteiger partial charge in [-0.1, -0.05) is 23.1 Å². The van der Waals surface area contributed by atoms with Gasteiger partial charge < -0.3 is 9.72 Å². The maximum absolute atomic E-state index is 12.4. The van der Waals surface area contributed by atoms with Crippen LogP contribution in [0.15, 0.2) is 20.1 Å². The van der Waals surface area contributed by atoms with Crippen molar-refractivity contribution in [3.63, 3.8) is 0 Å². The Morgan fingerprint density at radius 1 is 1.46 bits per heavy atom. The van der Waals surface area contributed by atoms with E-state index in [1.807, 2.05) is 0 Å². The Balaban J connectivity index is 1.54. The Bertz CT molecular complexity index is 1060. The van der Waals surface area contributed by atoms with Crippen molar-refractivity contribution in [2.24, 2.45) is 0 Å². The van der Waals surface area contributed by atoms with Gasteiger partial charge in [0.2, 0.25) is 11.0 Å². The normalized spacial score (nSPS) is 16.4. The molecule has 0 spiro atoms. The molecule has 2 N–H and O–H groups in total. The molecule has 28 heavy (non-hydrogen) atoms. The summed E-state index contributed by atoms with van der Waals surface area (Å²) in [4.78, 5) is 32.1. The predicted molar refractivity (Wildman–Crippen MR) is 109 cm³/mol. The number of ether oxygens (including phenoxy) is 1. The summed E-state index contributed by atoms with van der Waals surface area (Å²) in [5, 5.41) is 15.4. The topological polar surface area (TPSA) is 128 Å². The molecule has 1 aliphatic heterocycles. The molecule has 0 bridgehead atoms. The zero-order chi connectivity index (χ0) is 19.7. The highest BCUT2D eigenvalue weighted by atomic mass is 79.9. The molecule has 4 heterocycles. The maximum Gasteiger partial charge on any atom is 0.262 e. The molecule has 1 aliphatic rings. The number of rotatable bonds is 5. The largest absolute Gasteiger partial charge is 0.381 e. The van der Waals surface area contributed by atoms with Gasteiger partial charge in [-0.3, -0.25) is 14.9 Å². The summed E-state index contributed by atoms with van der Waals surface area (Å²) in [5.74, 6) is -0.255. The smallest absolute Gasteiger partial charge is 0.262 e. The second-order valence-electron chi connectivity index (χ2n) is 6.15. The molecule has 1 atom stereocenters. The molecule has 3 aromatic heterocycles. The first-order chi connectivity index (χ1) is 13.5. The van der Waals surface area contributed by atoms with Crippen LogP contribution in [0.2, 0.25) is 0 Å². The average molecular weight is 486 g/mol. The lowest BCUT2D eigenvalue weighted by Crippen LogP contribution is -2.23. The molecule has 13 heteroatoms. The third-order valence-corrected chi connectivity index (χ3v) is 6.52. The van der Waals surface area contributed by atoms with Crippen LogP contribution in [-0.4, -0.2) is 54.3 Å². The van der Waals surface area contributed by atoms with E-state index >= 15 is 0 Å². The third-order valence-electron chi connectivity index (χ3n) is 4.27. The number of halogens is 1. The van der Waals surface area contributed by atoms with E-state index < -0.39 is 5.25 Å². The SMILES string of the molecule is CC(Sc1nc2c(cnn2C2CCOCC2)c(=O)[nH]1)C(=O)Nc1nnc(Br)s1. The van der Waals surface area contributed by atoms with Crippen LogP contribution in [0.25, 0.3) is 11.0 Å². The van der Waals surface area contributed by atoms with E-state index in [1.165, 1.54) is 29.3 Å². The first-order valence-electron chi connectivity index (χ1n) is 8.53. The van der Waals surface area contributed by atoms with Crippen LogP contribution >= 0.6 is 39.0 Å². The summed E-state index contributed by atoms with van der Waals surface area (Å²) in [5.41, 5.74) is 0.255. The number of fused-ring (bicyclic) bond motifs is 1. The van der Waals surface area contributed by atoms with E-state index in [-0.39, 0.29) is 17.5 Å². The van der Waals surface area contributed by atoms with Crippen LogP contribution in [0.1, 0.15) is 25.8 Å². The van der Waals surface area contributed by atoms with Crippen molar-refractivity contribution in [1.29, 1.82) is 0 Å². The zero-order valence-electron chi connectivity index (χ0n) is 14.7. The second kappa shape index (κ2) is 8.27. The molecule has 1 fully saturated rings. The fourth-order valence-electron chi connectivity index (χ4n) is 2.85. The molecule has 4 rings (SSSR count). The molecule has 1 unspecified atom stereocenters. The Hall–Kier alpha value is -1.83. The van der Waals surface area contributed by atoms with Crippen LogP contribution in [0.3, 0.4) is 0 Å². The number of H-pyrrole nitrogens is 1. The quantitative estimate of drug-likeness (QED) is 0.415. The number of thioether (sulfide) groups is 1. The summed E-state index contributed by atoms with van der Waals surface area (Å²) in [6, 6.07) is 0.148. The first-order valence-corrected chi connectivity index (χ1v) is 11.0. The fraction of sp³-hybridized carbons (Fsp3) is 0.467. The molecule has 10 nitrogen and oxygen atoms in total. The van der Waals surface area contributed by atoms with E-state index in [9.17, 15) is 9.59 Å². The zero-order valence-corrected chi connectivity index (χ0v) is 17.9. The number of anilines is 1. The van der Waals surface area contributed by atoms with E-state index in [1.54, 1.807) is 11.6 Å². The highest BCUT2D eigenvalue weighted by Gasteiger charge is 2.22. The van der Waals surface area contributed by atoms with Gasteiger partial charge in [-0.2, -0.15) is 5.10 Å². The standard InChI is InChI=1S/C15H16BrN7O3S2/c1-7(11(24)19-15-22-21-13(16)28-15)27-14-18-10-9(12(25)20-14)6-17-23(10)8-2-4-26-5-3-8/h6-8H,2-5H2,1H3,(H,18,20,25)(H,19,22,24). The van der Waals surface area contributed by atoms with Crippen molar-refractivity contribution in [1.82, 2.24) is 29.9 Å². The Morgan fingerprint density at radius 3 is 2.96 bits per heavy atom. The Morgan fingerprint density at radius 2 is 2.25 bits per heavy atom. The van der Waals surface area contributed by atoms with Crippen molar-refractivity contribution < 1.29 is 9.53 Å². The molecular formula is C15H16BrN7O3S2. The first kappa shape index (κ1) is 19.5. The number of nitrogens with zero attached hydrogens (tertiary/aromatic N) is 5. The van der Waals surface area contributed by atoms with Crippen molar-refractivity contribution in [3.05, 3.63) is 20.5 Å². The highest BCUT2D eigenvalue weighted by Crippen LogP contribution is 2.26. The molecule has 0 radical (unpaired) electrons. The molecule has 148 valence electrons. The summed E-state index contributed by atoms with van der Waals surface area (Å²) in [6.07, 6.45) is 3.18. The van der Waals surface area contributed by atoms with Crippen molar-refractivity contribution in [2.75, 3.05) is 18.5 Å². The van der Waals surface area contributed by atoms with E-state index in [0.717, 1.165) is 12.8 Å². The van der Waals surface area contributed by atoms with E-state index in [4.69, 9.17) is 4.74 Å². The molecule has 0 aliphatic carbocycles. The number of aromatic amines is 1. The minimum atomic E-state index is -0.497. The minimum absolute atomic E-state index is 0.148. The van der Waals surface area contributed by atoms with Crippen molar-refractivity contribution in [3.8, 4) is 0 Å². The number of amides is 1. The molecule has 1 amide bonds. The number of aromatic nitrogens is 6. The van der Waals surface area contributed by atoms with Crippen molar-refractivity contribution in [2.45, 2.75) is 36.2 Å². The summed E-state index contributed by atoms with van der Waals surface area (Å²) in [7, 11) is 0. The average Bonchev–Trinajstić information content (AvgIpc) is 3.28. The fourth-order valence-corrected chi connectivity index (χ4v) is 4.66. The third kappa shape index (κ3) is 4.11. The number of carbonyl (C=O) groups is 1. The summed E-state index contributed by atoms with van der Waals surface area (Å²) < 4.78 is 7.77. The van der Waals surface area contributed by atoms with Gasteiger partial charge in [0.15, 0.2) is 14.7 Å². The molecule has 3 aromatic rings. The van der Waals surface area contributed by atoms with E-state index in [2.05, 4.69) is 46.5 Å². The lowest BCUT2D eigenvalue weighted by atomic mass is 10.1. The highest BCUT2D eigenvalue weighted by molar-refractivity contribution is 9.11. The van der Waals surface area contributed by atoms with Gasteiger partial charge in [0, 0.05) is 13.2 Å². The second-order valence-corrected chi connectivity index (χ2v) is 9.73. The Labute approximate surface area is 175 Å². The number of hydrogen-bond donors (Lipinski definition) is 2. The van der Waals surface area contributed by atoms with Crippen molar-refractivity contribution >= 4 is 61.1 Å². The lowest BCUT2D eigenvalue weighted by Gasteiger charge is -2.22. The maximum atomic E-state index is 12.4. The predicted octanol–water partition coefficient (Wildman–Crippen LogP) is 2.20. The van der Waals surface area contributed by atoms with Gasteiger partial charge in [-0.25, -0.2) is 9.67 Å². The molecular weight excluding hydrogens is 470 g/mol. The van der Waals surface area contributed by atoms with Crippen LogP contribution in [0.5, 0.6) is 0 Å². The Kier molecular flexibility index (Phi) is 5.75. The van der Waals surface area contributed by atoms with Gasteiger partial charge >= 0.3 is 0 Å². The summed E-state index contributed by atoms with van der Waals surface area (Å²) >= 11 is 5.59. The van der Waals surface area contributed by atoms with Gasteiger partial charge in [-0.05, 0) is 35.7 Å². The van der Waals surface area contributed by atoms with Crippen LogP contribution in [-0.2, 0) is 9.53 Å². The van der Waals surface area contributed by atoms with E-state index in [0.29, 0.717) is 38.5 Å². The van der Waals surface area contributed by atoms with Crippen LogP contribution in [0.4, 0.5) is 5.13 Å². The molecule has 1 saturated heterocycles. The van der Waals surface area contributed by atoms with Gasteiger partial charge in [0.1, 0.15) is 5.39 Å². The summed E-state index contributed by atoms with van der Waals surface area (Å²) in [6.45, 7) is 3.06. The number of carbonyl (C=O) groups excluding carboxylic acids is 1. The molecule has 0 aromatic carbocycles. The van der Waals surface area contributed by atoms with Gasteiger partial charge in [0.05, 0.1) is 17.5 Å². The number of hydrogen-bond acceptors (Lipinski definition) is 9. The van der Waals surface area contributed by atoms with Crippen LogP contribution in [0, 0.1) is 0 Å². The lowest BCUT2D eigenvalue weighted by molar-refractivity contribution is -0.115. The minimum Gasteiger partial charge on any atom is -0.381 e. The monoisotopic (exact) mass is 485 g/mol.